The summed E-state index contributed by atoms with van der Waals surface area (Å²) in [6.07, 6.45) is 0.972. The number of hydrogen-bond acceptors (Lipinski definition) is 5. The molecule has 0 spiro atoms. The smallest absolute Gasteiger partial charge is 0.233 e. The zero-order valence-corrected chi connectivity index (χ0v) is 15.8. The molecule has 0 aliphatic carbocycles. The largest absolute Gasteiger partial charge is 0.454 e. The molecule has 0 radical (unpaired) electrons. The molecular formula is C17H25ClN2O3S. The first kappa shape index (κ1) is 19.2. The van der Waals surface area contributed by atoms with Crippen LogP contribution < -0.4 is 14.8 Å². The summed E-state index contributed by atoms with van der Waals surface area (Å²) < 4.78 is 10.8. The molecule has 2 heterocycles. The summed E-state index contributed by atoms with van der Waals surface area (Å²) in [6, 6.07) is 5.97. The normalized spacial score (nSPS) is 19.0. The maximum Gasteiger partial charge on any atom is 0.233 e. The molecule has 24 heavy (non-hydrogen) atoms. The highest BCUT2D eigenvalue weighted by atomic mass is 35.5. The van der Waals surface area contributed by atoms with Crippen molar-refractivity contribution < 1.29 is 14.3 Å². The van der Waals surface area contributed by atoms with Crippen LogP contribution in [0.1, 0.15) is 31.2 Å². The minimum Gasteiger partial charge on any atom is -0.454 e. The molecule has 1 amide bonds. The Kier molecular flexibility index (Phi) is 7.07. The van der Waals surface area contributed by atoms with E-state index in [4.69, 9.17) is 9.47 Å². The number of hydrogen-bond donors (Lipinski definition) is 1. The van der Waals surface area contributed by atoms with Crippen molar-refractivity contribution in [3.05, 3.63) is 23.8 Å². The topological polar surface area (TPSA) is 50.8 Å². The zero-order valence-electron chi connectivity index (χ0n) is 14.1. The number of thioether (sulfide) groups is 1. The zero-order chi connectivity index (χ0) is 16.2. The van der Waals surface area contributed by atoms with Gasteiger partial charge in [0, 0.05) is 6.54 Å². The number of rotatable bonds is 7. The number of nitrogens with one attached hydrogen (secondary N) is 1. The number of nitrogens with zero attached hydrogens (tertiary/aromatic N) is 1. The number of carbonyl (C=O) groups is 1. The second-order valence-corrected chi connectivity index (χ2v) is 7.38. The molecule has 0 aromatic heterocycles. The molecule has 0 bridgehead atoms. The van der Waals surface area contributed by atoms with Crippen LogP contribution in [-0.2, 0) is 4.79 Å². The van der Waals surface area contributed by atoms with Crippen LogP contribution in [0.5, 0.6) is 11.5 Å². The van der Waals surface area contributed by atoms with Gasteiger partial charge in [-0.25, -0.2) is 0 Å². The van der Waals surface area contributed by atoms with Gasteiger partial charge in [-0.3, -0.25) is 4.79 Å². The van der Waals surface area contributed by atoms with Gasteiger partial charge in [0.1, 0.15) is 5.37 Å². The lowest BCUT2D eigenvalue weighted by Gasteiger charge is -2.24. The maximum absolute atomic E-state index is 12.2. The number of halogens is 1. The molecule has 7 heteroatoms. The first-order valence-corrected chi connectivity index (χ1v) is 9.21. The predicted octanol–water partition coefficient (Wildman–Crippen LogP) is 3.05. The number of ether oxygens (including phenoxy) is 2. The highest BCUT2D eigenvalue weighted by Crippen LogP contribution is 2.42. The Labute approximate surface area is 153 Å². The van der Waals surface area contributed by atoms with Gasteiger partial charge in [-0.2, -0.15) is 0 Å². The average Bonchev–Trinajstić information content (AvgIpc) is 3.13. The maximum atomic E-state index is 12.2. The van der Waals surface area contributed by atoms with Gasteiger partial charge in [0.15, 0.2) is 11.5 Å². The SMILES string of the molecule is CC(C)CNCCCN1C(=O)CSC1c1ccc2c(c1)OCO2.Cl. The third-order valence-corrected chi connectivity index (χ3v) is 5.21. The molecule has 2 aliphatic heterocycles. The van der Waals surface area contributed by atoms with Crippen LogP contribution in [-0.4, -0.2) is 43.0 Å². The van der Waals surface area contributed by atoms with E-state index < -0.39 is 0 Å². The van der Waals surface area contributed by atoms with Crippen LogP contribution in [0.25, 0.3) is 0 Å². The molecule has 1 atom stereocenters. The lowest BCUT2D eigenvalue weighted by atomic mass is 10.1. The van der Waals surface area contributed by atoms with Crippen LogP contribution in [0.3, 0.4) is 0 Å². The fourth-order valence-corrected chi connectivity index (χ4v) is 4.01. The summed E-state index contributed by atoms with van der Waals surface area (Å²) in [7, 11) is 0. The van der Waals surface area contributed by atoms with Gasteiger partial charge < -0.3 is 19.7 Å². The highest BCUT2D eigenvalue weighted by Gasteiger charge is 2.33. The Bertz CT molecular complexity index is 571. The fraction of sp³-hybridized carbons (Fsp3) is 0.588. The first-order valence-electron chi connectivity index (χ1n) is 8.16. The number of fused-ring (bicyclic) bond motifs is 1. The molecule has 1 N–H and O–H groups in total. The molecule has 2 aliphatic rings. The van der Waals surface area contributed by atoms with Gasteiger partial charge in [0.25, 0.3) is 0 Å². The summed E-state index contributed by atoms with van der Waals surface area (Å²) in [6.45, 7) is 7.43. The Hall–Kier alpha value is -1.11. The van der Waals surface area contributed by atoms with Crippen LogP contribution in [0, 0.1) is 5.92 Å². The number of amides is 1. The van der Waals surface area contributed by atoms with Gasteiger partial charge >= 0.3 is 0 Å². The van der Waals surface area contributed by atoms with E-state index in [9.17, 15) is 4.79 Å². The molecule has 1 aromatic rings. The molecular weight excluding hydrogens is 348 g/mol. The summed E-state index contributed by atoms with van der Waals surface area (Å²) in [4.78, 5) is 14.2. The van der Waals surface area contributed by atoms with Crippen molar-refractivity contribution in [2.24, 2.45) is 5.92 Å². The Morgan fingerprint density at radius 2 is 2.12 bits per heavy atom. The van der Waals surface area contributed by atoms with Crippen LogP contribution in [0.2, 0.25) is 0 Å². The van der Waals surface area contributed by atoms with Gasteiger partial charge in [-0.1, -0.05) is 19.9 Å². The summed E-state index contributed by atoms with van der Waals surface area (Å²) >= 11 is 1.69. The minimum absolute atomic E-state index is 0. The van der Waals surface area contributed by atoms with Gasteiger partial charge in [0.05, 0.1) is 5.75 Å². The van der Waals surface area contributed by atoms with E-state index >= 15 is 0 Å². The van der Waals surface area contributed by atoms with Crippen molar-refractivity contribution in [1.29, 1.82) is 0 Å². The molecule has 1 unspecified atom stereocenters. The van der Waals surface area contributed by atoms with E-state index in [1.165, 1.54) is 0 Å². The highest BCUT2D eigenvalue weighted by molar-refractivity contribution is 8.00. The quantitative estimate of drug-likeness (QED) is 0.745. The standard InChI is InChI=1S/C17H24N2O3S.ClH/c1-12(2)9-18-6-3-7-19-16(20)10-23-17(19)13-4-5-14-15(8-13)22-11-21-14;/h4-5,8,12,17-18H,3,6-7,9-11H2,1-2H3;1H. The van der Waals surface area contributed by atoms with Crippen molar-refractivity contribution >= 4 is 30.1 Å². The molecule has 3 rings (SSSR count). The molecule has 134 valence electrons. The van der Waals surface area contributed by atoms with Crippen molar-refractivity contribution in [1.82, 2.24) is 10.2 Å². The van der Waals surface area contributed by atoms with E-state index in [-0.39, 0.29) is 30.5 Å². The summed E-state index contributed by atoms with van der Waals surface area (Å²) in [5.74, 6) is 2.99. The molecule has 0 saturated carbocycles. The van der Waals surface area contributed by atoms with Gasteiger partial charge in [-0.15, -0.1) is 24.2 Å². The van der Waals surface area contributed by atoms with Crippen LogP contribution >= 0.6 is 24.2 Å². The lowest BCUT2D eigenvalue weighted by molar-refractivity contribution is -0.128. The average molecular weight is 373 g/mol. The third kappa shape index (κ3) is 4.49. The first-order chi connectivity index (χ1) is 11.1. The van der Waals surface area contributed by atoms with Gasteiger partial charge in [-0.05, 0) is 43.1 Å². The van der Waals surface area contributed by atoms with Crippen molar-refractivity contribution in [2.45, 2.75) is 25.6 Å². The summed E-state index contributed by atoms with van der Waals surface area (Å²) in [5.41, 5.74) is 1.11. The van der Waals surface area contributed by atoms with Gasteiger partial charge in [0.2, 0.25) is 12.7 Å². The van der Waals surface area contributed by atoms with E-state index in [1.54, 1.807) is 11.8 Å². The Morgan fingerprint density at radius 3 is 2.92 bits per heavy atom. The second-order valence-electron chi connectivity index (χ2n) is 6.31. The van der Waals surface area contributed by atoms with Crippen molar-refractivity contribution in [3.63, 3.8) is 0 Å². The molecule has 1 saturated heterocycles. The molecule has 1 fully saturated rings. The van der Waals surface area contributed by atoms with Crippen molar-refractivity contribution in [2.75, 3.05) is 32.2 Å². The second kappa shape index (κ2) is 8.83. The van der Waals surface area contributed by atoms with E-state index in [0.717, 1.165) is 43.1 Å². The molecule has 5 nitrogen and oxygen atoms in total. The fourth-order valence-electron chi connectivity index (χ4n) is 2.80. The lowest BCUT2D eigenvalue weighted by Crippen LogP contribution is -2.31. The summed E-state index contributed by atoms with van der Waals surface area (Å²) in [5, 5.41) is 3.52. The van der Waals surface area contributed by atoms with Crippen LogP contribution in [0.15, 0.2) is 18.2 Å². The Balaban J connectivity index is 0.00000208. The monoisotopic (exact) mass is 372 g/mol. The third-order valence-electron chi connectivity index (χ3n) is 3.96. The number of carbonyl (C=O) groups excluding carboxylic acids is 1. The minimum atomic E-state index is 0. The molecule has 1 aromatic carbocycles. The van der Waals surface area contributed by atoms with E-state index in [2.05, 4.69) is 19.2 Å². The number of benzene rings is 1. The van der Waals surface area contributed by atoms with Crippen LogP contribution in [0.4, 0.5) is 0 Å². The van der Waals surface area contributed by atoms with Crippen molar-refractivity contribution in [3.8, 4) is 11.5 Å². The predicted molar refractivity (Wildman–Crippen MR) is 99.0 cm³/mol. The van der Waals surface area contributed by atoms with E-state index in [1.807, 2.05) is 23.1 Å². The Morgan fingerprint density at radius 1 is 1.33 bits per heavy atom. The van der Waals surface area contributed by atoms with E-state index in [0.29, 0.717) is 11.7 Å².